The van der Waals surface area contributed by atoms with E-state index in [2.05, 4.69) is 0 Å². The highest BCUT2D eigenvalue weighted by Crippen LogP contribution is 2.57. The van der Waals surface area contributed by atoms with Crippen molar-refractivity contribution in [3.63, 3.8) is 0 Å². The predicted molar refractivity (Wildman–Crippen MR) is 112 cm³/mol. The number of hydrogen-bond donors (Lipinski definition) is 1. The summed E-state index contributed by atoms with van der Waals surface area (Å²) in [6.45, 7) is 2.47. The summed E-state index contributed by atoms with van der Waals surface area (Å²) in [4.78, 5) is 0. The Morgan fingerprint density at radius 1 is 0.967 bits per heavy atom. The van der Waals surface area contributed by atoms with Crippen molar-refractivity contribution in [2.75, 3.05) is 27.8 Å². The van der Waals surface area contributed by atoms with Gasteiger partial charge in [0, 0.05) is 25.7 Å². The van der Waals surface area contributed by atoms with Gasteiger partial charge in [-0.15, -0.1) is 0 Å². The lowest BCUT2D eigenvalue weighted by Gasteiger charge is -2.36. The smallest absolute Gasteiger partial charge is 0.188 e. The minimum Gasteiger partial charge on any atom is -0.485 e. The van der Waals surface area contributed by atoms with Gasteiger partial charge < -0.3 is 28.8 Å². The number of rotatable bonds is 8. The van der Waals surface area contributed by atoms with Crippen LogP contribution in [0.5, 0.6) is 17.2 Å². The number of benzene rings is 2. The number of hydrogen-bond acceptors (Lipinski definition) is 6. The minimum absolute atomic E-state index is 0.120. The molecular formula is C24H30O6. The summed E-state index contributed by atoms with van der Waals surface area (Å²) in [6, 6.07) is 13.8. The second kappa shape index (κ2) is 8.84. The van der Waals surface area contributed by atoms with E-state index in [1.165, 1.54) is 0 Å². The highest BCUT2D eigenvalue weighted by atomic mass is 16.7. The molecule has 4 atom stereocenters. The Bertz CT molecular complexity index is 851. The largest absolute Gasteiger partial charge is 0.485 e. The van der Waals surface area contributed by atoms with E-state index >= 15 is 0 Å². The Morgan fingerprint density at radius 3 is 2.30 bits per heavy atom. The molecular weight excluding hydrogens is 384 g/mol. The van der Waals surface area contributed by atoms with Crippen LogP contribution >= 0.6 is 0 Å². The van der Waals surface area contributed by atoms with E-state index in [0.717, 1.165) is 41.2 Å². The van der Waals surface area contributed by atoms with Crippen molar-refractivity contribution >= 4 is 0 Å². The van der Waals surface area contributed by atoms with Gasteiger partial charge in [-0.3, -0.25) is 0 Å². The van der Waals surface area contributed by atoms with Crippen molar-refractivity contribution < 1.29 is 28.8 Å². The zero-order valence-electron chi connectivity index (χ0n) is 17.8. The molecule has 6 nitrogen and oxygen atoms in total. The molecule has 6 heteroatoms. The fraction of sp³-hybridized carbons (Fsp3) is 0.500. The Kier molecular flexibility index (Phi) is 6.18. The van der Waals surface area contributed by atoms with Crippen LogP contribution in [0.2, 0.25) is 0 Å². The molecule has 0 amide bonds. The summed E-state index contributed by atoms with van der Waals surface area (Å²) in [6.07, 6.45) is 2.05. The molecule has 0 spiro atoms. The van der Waals surface area contributed by atoms with E-state index < -0.39 is 5.60 Å². The van der Waals surface area contributed by atoms with Crippen LogP contribution in [0, 0.1) is 5.92 Å². The second-order valence-corrected chi connectivity index (χ2v) is 8.17. The Labute approximate surface area is 177 Å². The van der Waals surface area contributed by atoms with Crippen molar-refractivity contribution in [1.82, 2.24) is 0 Å². The zero-order chi connectivity index (χ0) is 21.1. The van der Waals surface area contributed by atoms with Gasteiger partial charge in [-0.25, -0.2) is 0 Å². The summed E-state index contributed by atoms with van der Waals surface area (Å²) in [5.74, 6) is 2.75. The topological polar surface area (TPSA) is 66.4 Å². The van der Waals surface area contributed by atoms with Gasteiger partial charge in [0.15, 0.2) is 13.6 Å². The molecule has 1 aliphatic heterocycles. The fourth-order valence-electron chi connectivity index (χ4n) is 4.73. The van der Waals surface area contributed by atoms with Crippen LogP contribution in [-0.4, -0.2) is 38.5 Å². The molecule has 0 bridgehead atoms. The SMILES string of the molecule is CC[C@@]1(O)C[C@@H]2[C@@H](c3ccc(OCOC)cc3)Oc3ccc(OCOC)cc3[C@@H]2C1. The average molecular weight is 414 g/mol. The summed E-state index contributed by atoms with van der Waals surface area (Å²) < 4.78 is 27.6. The average Bonchev–Trinajstić information content (AvgIpc) is 3.14. The first-order chi connectivity index (χ1) is 14.6. The maximum atomic E-state index is 11.1. The van der Waals surface area contributed by atoms with Crippen LogP contribution in [0.1, 0.15) is 49.3 Å². The fourth-order valence-corrected chi connectivity index (χ4v) is 4.73. The maximum absolute atomic E-state index is 11.1. The number of aliphatic hydroxyl groups is 1. The molecule has 0 aromatic heterocycles. The quantitative estimate of drug-likeness (QED) is 0.645. The minimum atomic E-state index is -0.677. The first kappa shape index (κ1) is 21.0. The molecule has 1 N–H and O–H groups in total. The number of ether oxygens (including phenoxy) is 5. The van der Waals surface area contributed by atoms with Crippen molar-refractivity contribution in [3.8, 4) is 17.2 Å². The van der Waals surface area contributed by atoms with E-state index in [1.54, 1.807) is 14.2 Å². The van der Waals surface area contributed by atoms with Crippen LogP contribution in [0.4, 0.5) is 0 Å². The molecule has 0 unspecified atom stereocenters. The van der Waals surface area contributed by atoms with Gasteiger partial charge >= 0.3 is 0 Å². The molecule has 0 radical (unpaired) electrons. The molecule has 1 saturated carbocycles. The second-order valence-electron chi connectivity index (χ2n) is 8.17. The Morgan fingerprint density at radius 2 is 1.63 bits per heavy atom. The number of fused-ring (bicyclic) bond motifs is 3. The maximum Gasteiger partial charge on any atom is 0.188 e. The van der Waals surface area contributed by atoms with Gasteiger partial charge in [0.05, 0.1) is 5.60 Å². The van der Waals surface area contributed by atoms with Crippen molar-refractivity contribution in [2.45, 2.75) is 43.8 Å². The van der Waals surface area contributed by atoms with Crippen molar-refractivity contribution in [2.24, 2.45) is 5.92 Å². The van der Waals surface area contributed by atoms with Crippen LogP contribution in [0.3, 0.4) is 0 Å². The third-order valence-electron chi connectivity index (χ3n) is 6.31. The Balaban J connectivity index is 1.65. The predicted octanol–water partition coefficient (Wildman–Crippen LogP) is 4.42. The van der Waals surface area contributed by atoms with Gasteiger partial charge in [-0.1, -0.05) is 19.1 Å². The molecule has 0 saturated heterocycles. The van der Waals surface area contributed by atoms with Gasteiger partial charge in [0.2, 0.25) is 0 Å². The molecule has 2 aromatic rings. The summed E-state index contributed by atoms with van der Waals surface area (Å²) in [5.41, 5.74) is 1.51. The van der Waals surface area contributed by atoms with Crippen LogP contribution in [0.25, 0.3) is 0 Å². The molecule has 4 rings (SSSR count). The Hall–Kier alpha value is -2.28. The van der Waals surface area contributed by atoms with Gasteiger partial charge in [0.1, 0.15) is 23.4 Å². The third-order valence-corrected chi connectivity index (χ3v) is 6.31. The first-order valence-electron chi connectivity index (χ1n) is 10.4. The van der Waals surface area contributed by atoms with Crippen LogP contribution < -0.4 is 14.2 Å². The van der Waals surface area contributed by atoms with Gasteiger partial charge in [0.25, 0.3) is 0 Å². The zero-order valence-corrected chi connectivity index (χ0v) is 17.8. The molecule has 30 heavy (non-hydrogen) atoms. The van der Waals surface area contributed by atoms with Crippen molar-refractivity contribution in [1.29, 1.82) is 0 Å². The molecule has 1 heterocycles. The molecule has 162 valence electrons. The third kappa shape index (κ3) is 4.13. The normalized spacial score (nSPS) is 27.1. The van der Waals surface area contributed by atoms with Crippen LogP contribution in [-0.2, 0) is 9.47 Å². The van der Waals surface area contributed by atoms with E-state index in [9.17, 15) is 5.11 Å². The van der Waals surface area contributed by atoms with E-state index in [0.29, 0.717) is 6.42 Å². The van der Waals surface area contributed by atoms with Gasteiger partial charge in [-0.2, -0.15) is 0 Å². The lowest BCUT2D eigenvalue weighted by atomic mass is 9.80. The summed E-state index contributed by atoms with van der Waals surface area (Å²) >= 11 is 0. The lowest BCUT2D eigenvalue weighted by molar-refractivity contribution is 0.0294. The van der Waals surface area contributed by atoms with Crippen molar-refractivity contribution in [3.05, 3.63) is 53.6 Å². The first-order valence-corrected chi connectivity index (χ1v) is 10.4. The molecule has 2 aliphatic rings. The van der Waals surface area contributed by atoms with E-state index in [-0.39, 0.29) is 31.5 Å². The van der Waals surface area contributed by atoms with Crippen LogP contribution in [0.15, 0.2) is 42.5 Å². The van der Waals surface area contributed by atoms with E-state index in [1.807, 2.05) is 49.4 Å². The monoisotopic (exact) mass is 414 g/mol. The standard InChI is InChI=1S/C24H30O6/c1-4-24(25)12-20-19-11-18(29-15-27-3)9-10-22(19)30-23(21(20)13-24)16-5-7-17(8-6-16)28-14-26-2/h5-11,20-21,23,25H,4,12-15H2,1-3H3/t20-,21-,23+,24-/m0/s1. The van der Waals surface area contributed by atoms with E-state index in [4.69, 9.17) is 23.7 Å². The summed E-state index contributed by atoms with van der Waals surface area (Å²) in [5, 5.41) is 11.1. The number of methoxy groups -OCH3 is 2. The summed E-state index contributed by atoms with van der Waals surface area (Å²) in [7, 11) is 3.20. The molecule has 2 aromatic carbocycles. The van der Waals surface area contributed by atoms with Gasteiger partial charge in [-0.05, 0) is 61.1 Å². The highest BCUT2D eigenvalue weighted by molar-refractivity contribution is 5.47. The molecule has 1 fully saturated rings. The highest BCUT2D eigenvalue weighted by Gasteiger charge is 2.51. The molecule has 1 aliphatic carbocycles. The lowest BCUT2D eigenvalue weighted by Crippen LogP contribution is -2.27.